The smallest absolute Gasteiger partial charge is 0.255 e. The maximum atomic E-state index is 14.2. The molecule has 0 aliphatic carbocycles. The molecule has 0 aliphatic heterocycles. The number of amides is 1. The van der Waals surface area contributed by atoms with E-state index < -0.39 is 29.9 Å². The van der Waals surface area contributed by atoms with E-state index in [1.807, 2.05) is 0 Å². The van der Waals surface area contributed by atoms with Crippen molar-refractivity contribution >= 4 is 34.7 Å². The van der Waals surface area contributed by atoms with E-state index in [1.165, 1.54) is 49.3 Å². The predicted octanol–water partition coefficient (Wildman–Crippen LogP) is 3.97. The zero-order valence-corrected chi connectivity index (χ0v) is 21.5. The van der Waals surface area contributed by atoms with Crippen molar-refractivity contribution < 1.29 is 18.7 Å². The highest BCUT2D eigenvalue weighted by Gasteiger charge is 2.27. The second-order valence-electron chi connectivity index (χ2n) is 9.79. The van der Waals surface area contributed by atoms with Crippen LogP contribution in [0.2, 0.25) is 5.02 Å². The van der Waals surface area contributed by atoms with Crippen LogP contribution in [0.4, 0.5) is 20.3 Å². The molecule has 3 N–H and O–H groups in total. The molecule has 0 aromatic carbocycles. The van der Waals surface area contributed by atoms with Crippen LogP contribution in [-0.4, -0.2) is 64.4 Å². The molecule has 10 nitrogen and oxygen atoms in total. The lowest BCUT2D eigenvalue weighted by Gasteiger charge is -2.22. The summed E-state index contributed by atoms with van der Waals surface area (Å²) in [4.78, 5) is 21.7. The minimum Gasteiger partial charge on any atom is -0.387 e. The number of anilines is 2. The normalized spacial score (nSPS) is 13.1. The van der Waals surface area contributed by atoms with Gasteiger partial charge in [0.1, 0.15) is 11.8 Å². The Morgan fingerprint density at radius 3 is 2.68 bits per heavy atom. The first-order chi connectivity index (χ1) is 17.3. The maximum Gasteiger partial charge on any atom is 0.255 e. The van der Waals surface area contributed by atoms with Crippen molar-refractivity contribution in [3.05, 3.63) is 53.7 Å². The van der Waals surface area contributed by atoms with Gasteiger partial charge in [-0.15, -0.1) is 0 Å². The molecule has 0 bridgehead atoms. The maximum absolute atomic E-state index is 14.2. The molecule has 0 fully saturated rings. The Morgan fingerprint density at radius 2 is 1.97 bits per heavy atom. The van der Waals surface area contributed by atoms with Crippen molar-refractivity contribution in [3.63, 3.8) is 0 Å². The third-order valence-corrected chi connectivity index (χ3v) is 5.59. The summed E-state index contributed by atoms with van der Waals surface area (Å²) in [7, 11) is 0. The van der Waals surface area contributed by atoms with Crippen LogP contribution in [0.25, 0.3) is 16.9 Å². The molecule has 0 aliphatic rings. The number of nitrogens with zero attached hydrogens (tertiary/aromatic N) is 6. The van der Waals surface area contributed by atoms with Gasteiger partial charge in [-0.1, -0.05) is 11.6 Å². The molecule has 37 heavy (non-hydrogen) atoms. The molecule has 1 atom stereocenters. The Bertz CT molecular complexity index is 1420. The van der Waals surface area contributed by atoms with Gasteiger partial charge in [0.05, 0.1) is 58.6 Å². The Kier molecular flexibility index (Phi) is 7.16. The molecule has 0 saturated heterocycles. The van der Waals surface area contributed by atoms with E-state index in [-0.39, 0.29) is 12.1 Å². The van der Waals surface area contributed by atoms with Crippen molar-refractivity contribution in [1.29, 1.82) is 0 Å². The number of pyridine rings is 1. The molecular formula is C24H27ClF2N8O2. The summed E-state index contributed by atoms with van der Waals surface area (Å²) in [5.74, 6) is -0.248. The molecule has 0 radical (unpaired) electrons. The Hall–Kier alpha value is -3.64. The topological polar surface area (TPSA) is 122 Å². The summed E-state index contributed by atoms with van der Waals surface area (Å²) in [5, 5.41) is 24.4. The molecule has 4 aromatic heterocycles. The van der Waals surface area contributed by atoms with Crippen LogP contribution in [0.5, 0.6) is 0 Å². The van der Waals surface area contributed by atoms with E-state index in [9.17, 15) is 18.7 Å². The number of nitrogens with one attached hydrogen (secondary N) is 2. The second kappa shape index (κ2) is 10.0. The van der Waals surface area contributed by atoms with E-state index >= 15 is 0 Å². The van der Waals surface area contributed by atoms with Gasteiger partial charge in [-0.05, 0) is 33.8 Å². The number of carbonyl (C=O) groups is 1. The van der Waals surface area contributed by atoms with Gasteiger partial charge >= 0.3 is 0 Å². The van der Waals surface area contributed by atoms with Crippen LogP contribution in [0.1, 0.15) is 38.1 Å². The van der Waals surface area contributed by atoms with Crippen molar-refractivity contribution in [1.82, 2.24) is 34.7 Å². The molecule has 4 aromatic rings. The fourth-order valence-corrected chi connectivity index (χ4v) is 3.63. The van der Waals surface area contributed by atoms with E-state index in [1.54, 1.807) is 30.7 Å². The van der Waals surface area contributed by atoms with E-state index in [4.69, 9.17) is 11.6 Å². The molecule has 0 spiro atoms. The van der Waals surface area contributed by atoms with Crippen LogP contribution >= 0.6 is 11.6 Å². The summed E-state index contributed by atoms with van der Waals surface area (Å²) in [6.07, 6.45) is 5.92. The van der Waals surface area contributed by atoms with Gasteiger partial charge in [-0.25, -0.2) is 18.3 Å². The SMILES string of the molecule is CC(C)(F)Cn1ccc(Nc2cc(-c3cnn4cc(Cl)cnc34)ncc2C(=O)NCC(F)C(C)(C)O)n1. The number of hydrogen-bond donors (Lipinski definition) is 3. The number of halogens is 3. The number of alkyl halides is 2. The molecule has 1 unspecified atom stereocenters. The van der Waals surface area contributed by atoms with Crippen molar-refractivity contribution in [2.75, 3.05) is 11.9 Å². The number of fused-ring (bicyclic) bond motifs is 1. The first-order valence-electron chi connectivity index (χ1n) is 11.4. The predicted molar refractivity (Wildman–Crippen MR) is 135 cm³/mol. The Morgan fingerprint density at radius 1 is 1.22 bits per heavy atom. The number of aromatic nitrogens is 6. The van der Waals surface area contributed by atoms with Crippen LogP contribution in [0.15, 0.2) is 43.1 Å². The van der Waals surface area contributed by atoms with Gasteiger partial charge < -0.3 is 15.7 Å². The third-order valence-electron chi connectivity index (χ3n) is 5.40. The lowest BCUT2D eigenvalue weighted by Crippen LogP contribution is -2.42. The first-order valence-corrected chi connectivity index (χ1v) is 11.8. The molecule has 4 rings (SSSR count). The molecule has 4 heterocycles. The highest BCUT2D eigenvalue weighted by Crippen LogP contribution is 2.28. The van der Waals surface area contributed by atoms with E-state index in [0.717, 1.165) is 0 Å². The van der Waals surface area contributed by atoms with Gasteiger partial charge in [-0.2, -0.15) is 10.2 Å². The van der Waals surface area contributed by atoms with Crippen LogP contribution in [0, 0.1) is 0 Å². The second-order valence-corrected chi connectivity index (χ2v) is 10.2. The minimum absolute atomic E-state index is 0.0368. The number of rotatable bonds is 9. The van der Waals surface area contributed by atoms with E-state index in [2.05, 4.69) is 30.8 Å². The van der Waals surface area contributed by atoms with Gasteiger partial charge in [-0.3, -0.25) is 14.5 Å². The fourth-order valence-electron chi connectivity index (χ4n) is 3.49. The molecule has 1 amide bonds. The average molecular weight is 533 g/mol. The average Bonchev–Trinajstić information content (AvgIpc) is 3.41. The van der Waals surface area contributed by atoms with Crippen LogP contribution in [-0.2, 0) is 6.54 Å². The van der Waals surface area contributed by atoms with Crippen molar-refractivity contribution in [2.24, 2.45) is 0 Å². The molecule has 13 heteroatoms. The molecular weight excluding hydrogens is 506 g/mol. The Balaban J connectivity index is 1.68. The summed E-state index contributed by atoms with van der Waals surface area (Å²) < 4.78 is 31.2. The van der Waals surface area contributed by atoms with Crippen LogP contribution in [0.3, 0.4) is 0 Å². The third kappa shape index (κ3) is 6.38. The standard InChI is InChI=1S/C24H27ClF2N8O2/c1-23(2,27)13-34-6-5-20(33-34)32-18-7-17(15-10-31-35-12-14(25)8-29-21(15)35)28-9-16(18)22(36)30-11-19(26)24(3,4)37/h5-10,12,19,37H,11,13H2,1-4H3,(H,30,36)(H,28,32,33). The largest absolute Gasteiger partial charge is 0.387 e. The summed E-state index contributed by atoms with van der Waals surface area (Å²) in [5.41, 5.74) is -1.12. The monoisotopic (exact) mass is 532 g/mol. The number of aliphatic hydroxyl groups is 1. The highest BCUT2D eigenvalue weighted by atomic mass is 35.5. The highest BCUT2D eigenvalue weighted by molar-refractivity contribution is 6.30. The number of hydrogen-bond acceptors (Lipinski definition) is 7. The van der Waals surface area contributed by atoms with Gasteiger partial charge in [0.25, 0.3) is 5.91 Å². The summed E-state index contributed by atoms with van der Waals surface area (Å²) >= 11 is 6.00. The lowest BCUT2D eigenvalue weighted by molar-refractivity contribution is -0.00177. The lowest BCUT2D eigenvalue weighted by atomic mass is 10.0. The van der Waals surface area contributed by atoms with Gasteiger partial charge in [0.2, 0.25) is 0 Å². The van der Waals surface area contributed by atoms with Gasteiger partial charge in [0.15, 0.2) is 11.5 Å². The van der Waals surface area contributed by atoms with E-state index in [0.29, 0.717) is 33.4 Å². The molecule has 0 saturated carbocycles. The fraction of sp³-hybridized carbons (Fsp3) is 0.375. The Labute approximate surface area is 216 Å². The summed E-state index contributed by atoms with van der Waals surface area (Å²) in [6, 6.07) is 3.25. The zero-order chi connectivity index (χ0) is 27.0. The van der Waals surface area contributed by atoms with Gasteiger partial charge in [0, 0.05) is 24.7 Å². The zero-order valence-electron chi connectivity index (χ0n) is 20.7. The minimum atomic E-state index is -1.68. The number of carbonyl (C=O) groups excluding carboxylic acids is 1. The summed E-state index contributed by atoms with van der Waals surface area (Å²) in [6.45, 7) is 5.17. The first kappa shape index (κ1) is 26.4. The van der Waals surface area contributed by atoms with Crippen molar-refractivity contribution in [2.45, 2.75) is 51.7 Å². The van der Waals surface area contributed by atoms with Crippen LogP contribution < -0.4 is 10.6 Å². The van der Waals surface area contributed by atoms with Crippen molar-refractivity contribution in [3.8, 4) is 11.3 Å². The molecule has 196 valence electrons. The quantitative estimate of drug-likeness (QED) is 0.298.